The lowest BCUT2D eigenvalue weighted by molar-refractivity contribution is 0.0616. The molecule has 1 aliphatic rings. The maximum absolute atomic E-state index is 11.0. The molecule has 1 aromatic heterocycles. The Bertz CT molecular complexity index is 495. The molecule has 0 amide bonds. The molecule has 3 N–H and O–H groups in total. The second-order valence-corrected chi connectivity index (χ2v) is 6.07. The number of sulfonamides is 1. The van der Waals surface area contributed by atoms with E-state index in [2.05, 4.69) is 10.3 Å². The summed E-state index contributed by atoms with van der Waals surface area (Å²) in [7, 11) is -1.75. The highest BCUT2D eigenvalue weighted by Gasteiger charge is 2.30. The first-order valence-corrected chi connectivity index (χ1v) is 7.34. The zero-order valence-corrected chi connectivity index (χ0v) is 11.0. The standard InChI is InChI=1S/C11H17N3O3S/c1-13-6-8-4-9(5-8)17-11-3-2-10(7-14-11)18(12,15)16/h2-3,7-9,13H,4-6H2,1H3,(H2,12,15,16). The molecule has 0 bridgehead atoms. The van der Waals surface area contributed by atoms with Crippen LogP contribution in [0.15, 0.2) is 23.2 Å². The highest BCUT2D eigenvalue weighted by molar-refractivity contribution is 7.89. The van der Waals surface area contributed by atoms with E-state index in [1.165, 1.54) is 18.3 Å². The van der Waals surface area contributed by atoms with Gasteiger partial charge >= 0.3 is 0 Å². The van der Waals surface area contributed by atoms with Crippen LogP contribution in [0.3, 0.4) is 0 Å². The summed E-state index contributed by atoms with van der Waals surface area (Å²) in [6.07, 6.45) is 3.39. The van der Waals surface area contributed by atoms with Gasteiger partial charge in [-0.3, -0.25) is 0 Å². The predicted octanol–water partition coefficient (Wildman–Crippen LogP) is 0.106. The molecule has 0 atom stereocenters. The zero-order chi connectivity index (χ0) is 13.2. The Morgan fingerprint density at radius 2 is 2.22 bits per heavy atom. The molecule has 1 aliphatic carbocycles. The van der Waals surface area contributed by atoms with Crippen molar-refractivity contribution >= 4 is 10.0 Å². The summed E-state index contributed by atoms with van der Waals surface area (Å²) in [5.74, 6) is 1.10. The number of primary sulfonamides is 1. The molecule has 0 aromatic carbocycles. The third kappa shape index (κ3) is 3.18. The number of nitrogens with one attached hydrogen (secondary N) is 1. The summed E-state index contributed by atoms with van der Waals surface area (Å²) < 4.78 is 27.7. The van der Waals surface area contributed by atoms with E-state index in [0.717, 1.165) is 19.4 Å². The first-order valence-electron chi connectivity index (χ1n) is 5.79. The van der Waals surface area contributed by atoms with Crippen molar-refractivity contribution in [2.24, 2.45) is 11.1 Å². The van der Waals surface area contributed by atoms with E-state index in [0.29, 0.717) is 11.8 Å². The molecule has 7 heteroatoms. The maximum atomic E-state index is 11.0. The monoisotopic (exact) mass is 271 g/mol. The third-order valence-corrected chi connectivity index (χ3v) is 3.91. The van der Waals surface area contributed by atoms with Crippen LogP contribution in [0, 0.1) is 5.92 Å². The molecule has 2 rings (SSSR count). The topological polar surface area (TPSA) is 94.3 Å². The number of pyridine rings is 1. The summed E-state index contributed by atoms with van der Waals surface area (Å²) in [6, 6.07) is 2.94. The van der Waals surface area contributed by atoms with Crippen LogP contribution in [0.5, 0.6) is 5.88 Å². The molecule has 18 heavy (non-hydrogen) atoms. The van der Waals surface area contributed by atoms with E-state index < -0.39 is 10.0 Å². The fraction of sp³-hybridized carbons (Fsp3) is 0.545. The Labute approximate surface area is 107 Å². The number of nitrogens with zero attached hydrogens (tertiary/aromatic N) is 1. The van der Waals surface area contributed by atoms with Gasteiger partial charge in [0.15, 0.2) is 0 Å². The molecule has 100 valence electrons. The van der Waals surface area contributed by atoms with Gasteiger partial charge in [0, 0.05) is 6.07 Å². The summed E-state index contributed by atoms with van der Waals surface area (Å²) in [5, 5.41) is 8.11. The molecule has 6 nitrogen and oxygen atoms in total. The van der Waals surface area contributed by atoms with E-state index in [9.17, 15) is 8.42 Å². The minimum Gasteiger partial charge on any atom is -0.474 e. The molecule has 1 aromatic rings. The molecule has 0 saturated heterocycles. The first-order chi connectivity index (χ1) is 8.49. The maximum Gasteiger partial charge on any atom is 0.239 e. The van der Waals surface area contributed by atoms with Gasteiger partial charge in [0.05, 0.1) is 6.20 Å². The Morgan fingerprint density at radius 3 is 2.72 bits per heavy atom. The molecule has 0 aliphatic heterocycles. The van der Waals surface area contributed by atoms with Crippen molar-refractivity contribution in [1.82, 2.24) is 10.3 Å². The molecule has 1 heterocycles. The molecule has 1 saturated carbocycles. The van der Waals surface area contributed by atoms with Crippen LogP contribution in [0.2, 0.25) is 0 Å². The number of aromatic nitrogens is 1. The average molecular weight is 271 g/mol. The number of rotatable bonds is 5. The number of ether oxygens (including phenoxy) is 1. The van der Waals surface area contributed by atoms with Gasteiger partial charge < -0.3 is 10.1 Å². The summed E-state index contributed by atoms with van der Waals surface area (Å²) >= 11 is 0. The number of hydrogen-bond acceptors (Lipinski definition) is 5. The zero-order valence-electron chi connectivity index (χ0n) is 10.2. The van der Waals surface area contributed by atoms with E-state index in [1.807, 2.05) is 7.05 Å². The molecule has 0 spiro atoms. The summed E-state index contributed by atoms with van der Waals surface area (Å²) in [5.41, 5.74) is 0. The molecular formula is C11H17N3O3S. The van der Waals surface area contributed by atoms with Crippen LogP contribution in [-0.2, 0) is 10.0 Å². The van der Waals surface area contributed by atoms with Gasteiger partial charge in [-0.25, -0.2) is 18.5 Å². The van der Waals surface area contributed by atoms with Crippen molar-refractivity contribution in [1.29, 1.82) is 0 Å². The highest BCUT2D eigenvalue weighted by atomic mass is 32.2. The number of nitrogens with two attached hydrogens (primary N) is 1. The predicted molar refractivity (Wildman–Crippen MR) is 66.7 cm³/mol. The van der Waals surface area contributed by atoms with Crippen LogP contribution in [0.25, 0.3) is 0 Å². The first kappa shape index (κ1) is 13.3. The molecule has 1 fully saturated rings. The van der Waals surface area contributed by atoms with Gasteiger partial charge in [-0.2, -0.15) is 0 Å². The smallest absolute Gasteiger partial charge is 0.239 e. The van der Waals surface area contributed by atoms with Crippen molar-refractivity contribution in [2.75, 3.05) is 13.6 Å². The minimum absolute atomic E-state index is 0.00322. The Kier molecular flexibility index (Phi) is 3.84. The van der Waals surface area contributed by atoms with Gasteiger partial charge in [0.1, 0.15) is 11.0 Å². The van der Waals surface area contributed by atoms with Crippen molar-refractivity contribution in [2.45, 2.75) is 23.8 Å². The fourth-order valence-corrected chi connectivity index (χ4v) is 2.46. The third-order valence-electron chi connectivity index (χ3n) is 3.01. The van der Waals surface area contributed by atoms with Gasteiger partial charge in [0.2, 0.25) is 15.9 Å². The van der Waals surface area contributed by atoms with Crippen LogP contribution in [0.1, 0.15) is 12.8 Å². The highest BCUT2D eigenvalue weighted by Crippen LogP contribution is 2.30. The van der Waals surface area contributed by atoms with Gasteiger partial charge in [-0.05, 0) is 38.4 Å². The Morgan fingerprint density at radius 1 is 1.50 bits per heavy atom. The lowest BCUT2D eigenvalue weighted by Gasteiger charge is -2.34. The molecular weight excluding hydrogens is 254 g/mol. The van der Waals surface area contributed by atoms with E-state index >= 15 is 0 Å². The van der Waals surface area contributed by atoms with Gasteiger partial charge in [-0.1, -0.05) is 0 Å². The van der Waals surface area contributed by atoms with E-state index in [4.69, 9.17) is 9.88 Å². The lowest BCUT2D eigenvalue weighted by atomic mass is 9.82. The van der Waals surface area contributed by atoms with Crippen LogP contribution >= 0.6 is 0 Å². The lowest BCUT2D eigenvalue weighted by Crippen LogP contribution is -2.38. The molecule has 0 unspecified atom stereocenters. The fourth-order valence-electron chi connectivity index (χ4n) is 2.00. The van der Waals surface area contributed by atoms with Crippen molar-refractivity contribution in [3.05, 3.63) is 18.3 Å². The second kappa shape index (κ2) is 5.21. The largest absolute Gasteiger partial charge is 0.474 e. The van der Waals surface area contributed by atoms with Crippen LogP contribution < -0.4 is 15.2 Å². The van der Waals surface area contributed by atoms with Crippen molar-refractivity contribution in [3.63, 3.8) is 0 Å². The van der Waals surface area contributed by atoms with Gasteiger partial charge in [-0.15, -0.1) is 0 Å². The Hall–Kier alpha value is -1.18. The minimum atomic E-state index is -3.68. The van der Waals surface area contributed by atoms with Crippen molar-refractivity contribution in [3.8, 4) is 5.88 Å². The number of hydrogen-bond donors (Lipinski definition) is 2. The second-order valence-electron chi connectivity index (χ2n) is 4.51. The normalized spacial score (nSPS) is 23.4. The molecule has 0 radical (unpaired) electrons. The quantitative estimate of drug-likeness (QED) is 0.792. The van der Waals surface area contributed by atoms with Crippen LogP contribution in [0.4, 0.5) is 0 Å². The Balaban J connectivity index is 1.89. The van der Waals surface area contributed by atoms with Gasteiger partial charge in [0.25, 0.3) is 0 Å². The summed E-state index contributed by atoms with van der Waals surface area (Å²) in [6.45, 7) is 0.998. The average Bonchev–Trinajstić information content (AvgIpc) is 2.26. The van der Waals surface area contributed by atoms with Crippen LogP contribution in [-0.4, -0.2) is 33.1 Å². The SMILES string of the molecule is CNCC1CC(Oc2ccc(S(N)(=O)=O)cn2)C1. The summed E-state index contributed by atoms with van der Waals surface area (Å²) in [4.78, 5) is 3.94. The van der Waals surface area contributed by atoms with Crippen molar-refractivity contribution < 1.29 is 13.2 Å². The van der Waals surface area contributed by atoms with E-state index in [-0.39, 0.29) is 11.0 Å². The van der Waals surface area contributed by atoms with E-state index in [1.54, 1.807) is 0 Å².